The minimum absolute atomic E-state index is 0. The molecule has 1 atom stereocenters. The fourth-order valence-corrected chi connectivity index (χ4v) is 1.32. The number of halogens is 1. The molecule has 0 saturated heterocycles. The van der Waals surface area contributed by atoms with E-state index >= 15 is 0 Å². The summed E-state index contributed by atoms with van der Waals surface area (Å²) in [5.41, 5.74) is 1.82. The quantitative estimate of drug-likeness (QED) is 0.425. The first kappa shape index (κ1) is 18.3. The topological polar surface area (TPSA) is 12.9 Å². The molecule has 0 bridgehead atoms. The molecule has 0 radical (unpaired) electrons. The van der Waals surface area contributed by atoms with Gasteiger partial charge in [0.1, 0.15) is 0 Å². The van der Waals surface area contributed by atoms with E-state index in [4.69, 9.17) is 11.6 Å². The summed E-state index contributed by atoms with van der Waals surface area (Å²) < 4.78 is 0. The van der Waals surface area contributed by atoms with E-state index in [1.54, 1.807) is 6.07 Å². The second kappa shape index (κ2) is 10.1. The molecular weight excluding hydrogens is 213 g/mol. The molecule has 1 nitrogen and oxygen atoms in total. The van der Waals surface area contributed by atoms with Crippen molar-refractivity contribution in [3.63, 3.8) is 0 Å². The molecule has 0 aromatic carbocycles. The van der Waals surface area contributed by atoms with Crippen molar-refractivity contribution >= 4 is 11.6 Å². The van der Waals surface area contributed by atoms with Crippen molar-refractivity contribution in [1.82, 2.24) is 4.98 Å². The Kier molecular flexibility index (Phi) is 11.5. The standard InChI is InChI=1S/C7H7ClN.C6H12.Li/c1-5-3-6(2)9-7(8)4-5;1-4-5-6(2)3;/h3-4H,1H2,2H3;6H,1-2,4-5H2,3H3;/q-1;-2;+1/t;6-;/m.0./s1. The summed E-state index contributed by atoms with van der Waals surface area (Å²) in [6, 6.07) is 3.61. The maximum atomic E-state index is 5.60. The summed E-state index contributed by atoms with van der Waals surface area (Å²) in [6.07, 6.45) is 2.17. The molecule has 0 unspecified atom stereocenters. The average molecular weight is 232 g/mol. The Morgan fingerprint density at radius 3 is 2.25 bits per heavy atom. The van der Waals surface area contributed by atoms with Gasteiger partial charge in [0.2, 0.25) is 0 Å². The Morgan fingerprint density at radius 1 is 1.44 bits per heavy atom. The Balaban J connectivity index is 0. The Bertz CT molecular complexity index is 237. The SMILES string of the molecule is [CH2-]CC[C@@H]([CH2-])C.[CH2-]c1cc(C)nc(Cl)c1.[Li+]. The van der Waals surface area contributed by atoms with Gasteiger partial charge < -0.3 is 13.8 Å². The van der Waals surface area contributed by atoms with E-state index in [1.165, 1.54) is 0 Å². The van der Waals surface area contributed by atoms with Crippen LogP contribution in [0.3, 0.4) is 0 Å². The van der Waals surface area contributed by atoms with E-state index in [1.807, 2.05) is 13.0 Å². The van der Waals surface area contributed by atoms with Crippen LogP contribution < -0.4 is 18.9 Å². The second-order valence-corrected chi connectivity index (χ2v) is 4.07. The minimum Gasteiger partial charge on any atom is -0.343 e. The molecule has 0 N–H and O–H groups in total. The molecule has 3 heteroatoms. The molecule has 0 aliphatic heterocycles. The number of hydrogen-bond acceptors (Lipinski definition) is 1. The van der Waals surface area contributed by atoms with Gasteiger partial charge in [-0.2, -0.15) is 24.8 Å². The fraction of sp³-hybridized carbons (Fsp3) is 0.385. The first-order valence-corrected chi connectivity index (χ1v) is 5.42. The van der Waals surface area contributed by atoms with Crippen molar-refractivity contribution in [1.29, 1.82) is 0 Å². The summed E-state index contributed by atoms with van der Waals surface area (Å²) in [6.45, 7) is 15.2. The molecule has 0 saturated carbocycles. The molecule has 0 aliphatic carbocycles. The van der Waals surface area contributed by atoms with Gasteiger partial charge in [-0.15, -0.1) is 18.6 Å². The van der Waals surface area contributed by atoms with Gasteiger partial charge >= 0.3 is 18.9 Å². The Morgan fingerprint density at radius 2 is 2.00 bits per heavy atom. The summed E-state index contributed by atoms with van der Waals surface area (Å²) in [4.78, 5) is 3.96. The van der Waals surface area contributed by atoms with Crippen LogP contribution in [0.25, 0.3) is 0 Å². The Labute approximate surface area is 117 Å². The molecule has 0 aliphatic rings. The van der Waals surface area contributed by atoms with Crippen molar-refractivity contribution in [2.24, 2.45) is 5.92 Å². The summed E-state index contributed by atoms with van der Waals surface area (Å²) >= 11 is 5.60. The summed E-state index contributed by atoms with van der Waals surface area (Å²) in [7, 11) is 0. The number of aryl methyl sites for hydroxylation is 1. The third-order valence-electron chi connectivity index (χ3n) is 1.68. The van der Waals surface area contributed by atoms with Crippen LogP contribution in [0.4, 0.5) is 0 Å². The molecule has 0 spiro atoms. The van der Waals surface area contributed by atoms with Gasteiger partial charge in [0, 0.05) is 0 Å². The van der Waals surface area contributed by atoms with Crippen molar-refractivity contribution in [3.8, 4) is 0 Å². The van der Waals surface area contributed by atoms with E-state index in [2.05, 4.69) is 32.7 Å². The predicted molar refractivity (Wildman–Crippen MR) is 67.6 cm³/mol. The van der Waals surface area contributed by atoms with E-state index in [9.17, 15) is 0 Å². The van der Waals surface area contributed by atoms with E-state index < -0.39 is 0 Å². The minimum atomic E-state index is 0. The van der Waals surface area contributed by atoms with Gasteiger partial charge in [0.25, 0.3) is 0 Å². The molecule has 1 aromatic rings. The number of rotatable bonds is 2. The number of aromatic nitrogens is 1. The normalized spacial score (nSPS) is 10.8. The number of nitrogens with zero attached hydrogens (tertiary/aromatic N) is 1. The van der Waals surface area contributed by atoms with Gasteiger partial charge in [-0.05, 0) is 12.6 Å². The molecule has 16 heavy (non-hydrogen) atoms. The molecule has 86 valence electrons. The largest absolute Gasteiger partial charge is 1.00 e. The van der Waals surface area contributed by atoms with Crippen LogP contribution in [0, 0.1) is 33.6 Å². The van der Waals surface area contributed by atoms with E-state index in [0.717, 1.165) is 24.1 Å². The first-order chi connectivity index (χ1) is 6.95. The maximum Gasteiger partial charge on any atom is 1.00 e. The van der Waals surface area contributed by atoms with E-state index in [0.29, 0.717) is 11.1 Å². The van der Waals surface area contributed by atoms with Crippen LogP contribution in [-0.4, -0.2) is 4.98 Å². The van der Waals surface area contributed by atoms with Gasteiger partial charge in [-0.25, -0.2) is 0 Å². The van der Waals surface area contributed by atoms with Crippen molar-refractivity contribution in [2.45, 2.75) is 26.7 Å². The average Bonchev–Trinajstić information content (AvgIpc) is 2.00. The molecule has 1 aromatic heterocycles. The van der Waals surface area contributed by atoms with Crippen molar-refractivity contribution in [2.75, 3.05) is 0 Å². The monoisotopic (exact) mass is 231 g/mol. The maximum absolute atomic E-state index is 5.60. The van der Waals surface area contributed by atoms with Gasteiger partial charge in [-0.3, -0.25) is 4.98 Å². The third-order valence-corrected chi connectivity index (χ3v) is 1.87. The van der Waals surface area contributed by atoms with Crippen LogP contribution >= 0.6 is 11.6 Å². The number of hydrogen-bond donors (Lipinski definition) is 0. The van der Waals surface area contributed by atoms with E-state index in [-0.39, 0.29) is 18.9 Å². The first-order valence-electron chi connectivity index (χ1n) is 5.04. The molecule has 0 fully saturated rings. The third kappa shape index (κ3) is 10.4. The van der Waals surface area contributed by atoms with Gasteiger partial charge in [-0.1, -0.05) is 18.5 Å². The van der Waals surface area contributed by atoms with Crippen molar-refractivity contribution in [3.05, 3.63) is 49.3 Å². The smallest absolute Gasteiger partial charge is 0.343 e. The molecular formula is C13H19ClLiN-2. The zero-order chi connectivity index (χ0) is 11.8. The molecule has 1 rings (SSSR count). The Hall–Kier alpha value is -0.0926. The van der Waals surface area contributed by atoms with Crippen LogP contribution in [0.2, 0.25) is 5.15 Å². The molecule has 1 heterocycles. The summed E-state index contributed by atoms with van der Waals surface area (Å²) in [5, 5.41) is 0.514. The van der Waals surface area contributed by atoms with Crippen LogP contribution in [0.15, 0.2) is 12.1 Å². The zero-order valence-electron chi connectivity index (χ0n) is 10.6. The second-order valence-electron chi connectivity index (χ2n) is 3.69. The van der Waals surface area contributed by atoms with Crippen LogP contribution in [0.1, 0.15) is 31.0 Å². The number of pyridine rings is 1. The predicted octanol–water partition coefficient (Wildman–Crippen LogP) is 1.30. The fourth-order valence-electron chi connectivity index (χ4n) is 1.04. The van der Waals surface area contributed by atoms with Crippen LogP contribution in [-0.2, 0) is 0 Å². The summed E-state index contributed by atoms with van der Waals surface area (Å²) in [5.74, 6) is 0.586. The molecule has 0 amide bonds. The zero-order valence-corrected chi connectivity index (χ0v) is 11.3. The van der Waals surface area contributed by atoms with Gasteiger partial charge in [0.15, 0.2) is 0 Å². The van der Waals surface area contributed by atoms with Gasteiger partial charge in [0.05, 0.1) is 5.15 Å². The van der Waals surface area contributed by atoms with Crippen molar-refractivity contribution < 1.29 is 18.9 Å². The van der Waals surface area contributed by atoms with Crippen LogP contribution in [0.5, 0.6) is 0 Å².